The lowest BCUT2D eigenvalue weighted by Gasteiger charge is -2.31. The molecule has 2 amide bonds. The highest BCUT2D eigenvalue weighted by molar-refractivity contribution is 9.10. The molecule has 11 heteroatoms. The third-order valence-corrected chi connectivity index (χ3v) is 7.76. The van der Waals surface area contributed by atoms with Crippen LogP contribution in [0.1, 0.15) is 40.1 Å². The number of imidazole rings is 1. The Hall–Kier alpha value is -3.37. The summed E-state index contributed by atoms with van der Waals surface area (Å²) < 4.78 is 1.88. The fraction of sp³-hybridized carbons (Fsp3) is 0.308. The first-order valence-electron chi connectivity index (χ1n) is 12.2. The number of H-pyrrole nitrogens is 1. The van der Waals surface area contributed by atoms with Crippen LogP contribution in [0.25, 0.3) is 11.0 Å². The maximum Gasteiger partial charge on any atom is 0.273 e. The number of hydrogen-bond acceptors (Lipinski definition) is 5. The van der Waals surface area contributed by atoms with Crippen molar-refractivity contribution in [3.05, 3.63) is 69.3 Å². The zero-order chi connectivity index (χ0) is 25.9. The van der Waals surface area contributed by atoms with Crippen LogP contribution in [0, 0.1) is 5.92 Å². The quantitative estimate of drug-likeness (QED) is 0.283. The lowest BCUT2D eigenvalue weighted by molar-refractivity contribution is 0.0943. The van der Waals surface area contributed by atoms with E-state index in [0.717, 1.165) is 49.3 Å². The van der Waals surface area contributed by atoms with Gasteiger partial charge in [-0.15, -0.1) is 0 Å². The summed E-state index contributed by atoms with van der Waals surface area (Å²) in [6, 6.07) is 14.8. The molecule has 1 saturated heterocycles. The largest absolute Gasteiger partial charge is 0.351 e. The normalized spacial score (nSPS) is 14.2. The third kappa shape index (κ3) is 5.50. The van der Waals surface area contributed by atoms with E-state index in [0.29, 0.717) is 33.3 Å². The lowest BCUT2D eigenvalue weighted by Crippen LogP contribution is -2.36. The van der Waals surface area contributed by atoms with Crippen LogP contribution in [-0.4, -0.2) is 51.2 Å². The Kier molecular flexibility index (Phi) is 7.48. The maximum absolute atomic E-state index is 12.8. The van der Waals surface area contributed by atoms with E-state index in [1.165, 1.54) is 4.68 Å². The van der Waals surface area contributed by atoms with Gasteiger partial charge in [-0.25, -0.2) is 4.98 Å². The first-order valence-corrected chi connectivity index (χ1v) is 13.3. The van der Waals surface area contributed by atoms with Gasteiger partial charge >= 0.3 is 0 Å². The zero-order valence-electron chi connectivity index (χ0n) is 20.3. The van der Waals surface area contributed by atoms with Crippen LogP contribution in [0.5, 0.6) is 0 Å². The molecule has 3 heterocycles. The van der Waals surface area contributed by atoms with Gasteiger partial charge in [-0.3, -0.25) is 14.3 Å². The van der Waals surface area contributed by atoms with Crippen molar-refractivity contribution in [3.8, 4) is 0 Å². The standard InChI is InChI=1S/C26H27BrClN7O2/c1-34-23(32-24(36)17-6-2-3-7-18(17)28)21(27)22(33-34)25(37)29-13-10-16-11-14-35(15-12-16)26-30-19-8-4-5-9-20(19)31-26/h2-9,16H,10-15H2,1H3,(H,29,37)(H,30,31)(H,32,36). The molecule has 5 rings (SSSR count). The molecule has 0 unspecified atom stereocenters. The summed E-state index contributed by atoms with van der Waals surface area (Å²) in [4.78, 5) is 35.9. The summed E-state index contributed by atoms with van der Waals surface area (Å²) >= 11 is 9.56. The van der Waals surface area contributed by atoms with Crippen molar-refractivity contribution in [2.24, 2.45) is 13.0 Å². The van der Waals surface area contributed by atoms with Gasteiger partial charge in [0.1, 0.15) is 5.82 Å². The predicted octanol–water partition coefficient (Wildman–Crippen LogP) is 5.00. The molecular formula is C26H27BrClN7O2. The van der Waals surface area contributed by atoms with Crippen molar-refractivity contribution in [3.63, 3.8) is 0 Å². The lowest BCUT2D eigenvalue weighted by atomic mass is 9.94. The van der Waals surface area contributed by atoms with E-state index >= 15 is 0 Å². The number of piperidine rings is 1. The molecule has 2 aromatic carbocycles. The number of benzene rings is 2. The highest BCUT2D eigenvalue weighted by Crippen LogP contribution is 2.28. The Balaban J connectivity index is 1.12. The van der Waals surface area contributed by atoms with Gasteiger partial charge in [0.15, 0.2) is 5.69 Å². The zero-order valence-corrected chi connectivity index (χ0v) is 22.6. The number of aromatic nitrogens is 4. The van der Waals surface area contributed by atoms with Crippen molar-refractivity contribution < 1.29 is 9.59 Å². The molecule has 4 aromatic rings. The van der Waals surface area contributed by atoms with Crippen molar-refractivity contribution in [2.75, 3.05) is 29.9 Å². The second-order valence-corrected chi connectivity index (χ2v) is 10.3. The molecule has 1 aliphatic rings. The first kappa shape index (κ1) is 25.3. The van der Waals surface area contributed by atoms with Gasteiger partial charge in [-0.1, -0.05) is 35.9 Å². The average molecular weight is 585 g/mol. The number of aromatic amines is 1. The number of anilines is 2. The van der Waals surface area contributed by atoms with Crippen LogP contribution in [0.4, 0.5) is 11.8 Å². The highest BCUT2D eigenvalue weighted by atomic mass is 79.9. The molecule has 3 N–H and O–H groups in total. The topological polar surface area (TPSA) is 108 Å². The van der Waals surface area contributed by atoms with Crippen molar-refractivity contribution >= 4 is 62.1 Å². The first-order chi connectivity index (χ1) is 17.9. The smallest absolute Gasteiger partial charge is 0.273 e. The molecule has 0 saturated carbocycles. The summed E-state index contributed by atoms with van der Waals surface area (Å²) in [5.41, 5.74) is 2.59. The van der Waals surface area contributed by atoms with Gasteiger partial charge in [-0.05, 0) is 65.4 Å². The van der Waals surface area contributed by atoms with Gasteiger partial charge in [0.2, 0.25) is 5.95 Å². The summed E-state index contributed by atoms with van der Waals surface area (Å²) in [6.45, 7) is 2.41. The van der Waals surface area contributed by atoms with E-state index in [1.807, 2.05) is 24.3 Å². The predicted molar refractivity (Wildman–Crippen MR) is 148 cm³/mol. The molecule has 192 valence electrons. The summed E-state index contributed by atoms with van der Waals surface area (Å²) in [5.74, 6) is 1.16. The third-order valence-electron chi connectivity index (χ3n) is 6.68. The molecule has 2 aromatic heterocycles. The number of carbonyl (C=O) groups is 2. The Morgan fingerprint density at radius 1 is 1.11 bits per heavy atom. The van der Waals surface area contributed by atoms with Crippen LogP contribution in [0.3, 0.4) is 0 Å². The number of carbonyl (C=O) groups excluding carboxylic acids is 2. The molecule has 0 atom stereocenters. The fourth-order valence-corrected chi connectivity index (χ4v) is 5.43. The Morgan fingerprint density at radius 2 is 1.84 bits per heavy atom. The van der Waals surface area contributed by atoms with E-state index in [-0.39, 0.29) is 17.5 Å². The summed E-state index contributed by atoms with van der Waals surface area (Å²) in [7, 11) is 1.67. The second kappa shape index (κ2) is 10.9. The Bertz CT molecular complexity index is 1410. The van der Waals surface area contributed by atoms with Gasteiger partial charge in [-0.2, -0.15) is 5.10 Å². The Morgan fingerprint density at radius 3 is 2.59 bits per heavy atom. The van der Waals surface area contributed by atoms with Gasteiger partial charge in [0, 0.05) is 26.7 Å². The molecule has 0 bridgehead atoms. The molecular weight excluding hydrogens is 558 g/mol. The fourth-order valence-electron chi connectivity index (χ4n) is 4.60. The van der Waals surface area contributed by atoms with Gasteiger partial charge < -0.3 is 20.5 Å². The van der Waals surface area contributed by atoms with Crippen LogP contribution < -0.4 is 15.5 Å². The number of amides is 2. The highest BCUT2D eigenvalue weighted by Gasteiger charge is 2.24. The molecule has 0 radical (unpaired) electrons. The van der Waals surface area contributed by atoms with Crippen LogP contribution in [0.15, 0.2) is 53.0 Å². The number of rotatable bonds is 7. The molecule has 37 heavy (non-hydrogen) atoms. The monoisotopic (exact) mass is 583 g/mol. The van der Waals surface area contributed by atoms with Crippen molar-refractivity contribution in [1.29, 1.82) is 0 Å². The minimum atomic E-state index is -0.379. The molecule has 0 aliphatic carbocycles. The number of aryl methyl sites for hydroxylation is 1. The van der Waals surface area contributed by atoms with Gasteiger partial charge in [0.25, 0.3) is 11.8 Å². The van der Waals surface area contributed by atoms with E-state index in [4.69, 9.17) is 16.6 Å². The molecule has 1 aliphatic heterocycles. The average Bonchev–Trinajstić information content (AvgIpc) is 3.46. The number of hydrogen-bond donors (Lipinski definition) is 3. The van der Waals surface area contributed by atoms with E-state index in [1.54, 1.807) is 31.3 Å². The van der Waals surface area contributed by atoms with Crippen molar-refractivity contribution in [2.45, 2.75) is 19.3 Å². The van der Waals surface area contributed by atoms with Crippen LogP contribution in [0.2, 0.25) is 5.02 Å². The SMILES string of the molecule is Cn1nc(C(=O)NCCC2CCN(c3nc4ccccc4[nH]3)CC2)c(Br)c1NC(=O)c1ccccc1Cl. The van der Waals surface area contributed by atoms with Crippen molar-refractivity contribution in [1.82, 2.24) is 25.1 Å². The number of nitrogens with zero attached hydrogens (tertiary/aromatic N) is 4. The minimum Gasteiger partial charge on any atom is -0.351 e. The van der Waals surface area contributed by atoms with Crippen LogP contribution in [-0.2, 0) is 7.05 Å². The van der Waals surface area contributed by atoms with Crippen LogP contribution >= 0.6 is 27.5 Å². The maximum atomic E-state index is 12.8. The summed E-state index contributed by atoms with van der Waals surface area (Å²) in [6.07, 6.45) is 2.97. The second-order valence-electron chi connectivity index (χ2n) is 9.12. The van der Waals surface area contributed by atoms with Gasteiger partial charge in [0.05, 0.1) is 26.1 Å². The molecule has 9 nitrogen and oxygen atoms in total. The molecule has 1 fully saturated rings. The minimum absolute atomic E-state index is 0.219. The number of para-hydroxylation sites is 2. The van der Waals surface area contributed by atoms with E-state index in [2.05, 4.69) is 41.5 Å². The number of fused-ring (bicyclic) bond motifs is 1. The Labute approximate surface area is 227 Å². The summed E-state index contributed by atoms with van der Waals surface area (Å²) in [5, 5.41) is 10.4. The van der Waals surface area contributed by atoms with E-state index in [9.17, 15) is 9.59 Å². The van der Waals surface area contributed by atoms with E-state index < -0.39 is 0 Å². The number of nitrogens with one attached hydrogen (secondary N) is 3. The number of halogens is 2. The molecule has 0 spiro atoms.